The summed E-state index contributed by atoms with van der Waals surface area (Å²) < 4.78 is 32.2. The normalized spacial score (nSPS) is 16.7. The van der Waals surface area contributed by atoms with Crippen LogP contribution in [0.5, 0.6) is 5.88 Å². The number of ether oxygens (including phenoxy) is 1. The number of piperidine rings is 1. The number of fused-ring (bicyclic) bond motifs is 1. The molecule has 0 aliphatic carbocycles. The van der Waals surface area contributed by atoms with Crippen LogP contribution in [-0.4, -0.2) is 36.1 Å². The van der Waals surface area contributed by atoms with Gasteiger partial charge < -0.3 is 15.0 Å². The molecule has 1 amide bonds. The Labute approximate surface area is 166 Å². The molecule has 4 rings (SSSR count). The van der Waals surface area contributed by atoms with Crippen molar-refractivity contribution < 1.29 is 18.3 Å². The summed E-state index contributed by atoms with van der Waals surface area (Å²) in [6.07, 6.45) is 1.44. The first kappa shape index (κ1) is 19.0. The Bertz CT molecular complexity index is 1040. The molecule has 8 heteroatoms. The maximum absolute atomic E-state index is 13.4. The summed E-state index contributed by atoms with van der Waals surface area (Å²) in [5.74, 6) is -1.12. The molecule has 0 bridgehead atoms. The summed E-state index contributed by atoms with van der Waals surface area (Å²) in [4.78, 5) is 23.8. The summed E-state index contributed by atoms with van der Waals surface area (Å²) >= 11 is 0. The lowest BCUT2D eigenvalue weighted by Gasteiger charge is -2.33. The van der Waals surface area contributed by atoms with E-state index in [2.05, 4.69) is 15.3 Å². The molecule has 2 aromatic carbocycles. The quantitative estimate of drug-likeness (QED) is 0.725. The molecular formula is C21H20F2N4O2. The smallest absolute Gasteiger partial charge is 0.257 e. The van der Waals surface area contributed by atoms with E-state index in [1.54, 1.807) is 0 Å². The highest BCUT2D eigenvalue weighted by molar-refractivity contribution is 5.93. The molecule has 0 unspecified atom stereocenters. The molecular weight excluding hydrogens is 378 g/mol. The summed E-state index contributed by atoms with van der Waals surface area (Å²) in [7, 11) is 1.54. The minimum Gasteiger partial charge on any atom is -0.478 e. The average molecular weight is 398 g/mol. The van der Waals surface area contributed by atoms with E-state index in [0.717, 1.165) is 35.7 Å². The second kappa shape index (κ2) is 7.98. The van der Waals surface area contributed by atoms with E-state index in [4.69, 9.17) is 4.74 Å². The fraction of sp³-hybridized carbons (Fsp3) is 0.286. The highest BCUT2D eigenvalue weighted by Gasteiger charge is 2.29. The van der Waals surface area contributed by atoms with Crippen LogP contribution in [0.25, 0.3) is 11.0 Å². The minimum atomic E-state index is -0.734. The van der Waals surface area contributed by atoms with Crippen LogP contribution in [0.1, 0.15) is 12.8 Å². The number of hydrogen-bond acceptors (Lipinski definition) is 5. The summed E-state index contributed by atoms with van der Waals surface area (Å²) in [5.41, 5.74) is 1.57. The molecule has 1 atom stereocenters. The Balaban J connectivity index is 1.55. The van der Waals surface area contributed by atoms with Gasteiger partial charge in [0.2, 0.25) is 5.91 Å². The Morgan fingerprint density at radius 1 is 1.14 bits per heavy atom. The van der Waals surface area contributed by atoms with E-state index in [1.807, 2.05) is 29.2 Å². The number of anilines is 2. The number of halogens is 2. The number of amides is 1. The van der Waals surface area contributed by atoms with Crippen molar-refractivity contribution in [2.75, 3.05) is 30.4 Å². The predicted octanol–water partition coefficient (Wildman–Crippen LogP) is 3.77. The molecule has 2 heterocycles. The average Bonchev–Trinajstić information content (AvgIpc) is 2.72. The summed E-state index contributed by atoms with van der Waals surface area (Å²) in [6, 6.07) is 10.5. The molecule has 1 N–H and O–H groups in total. The number of rotatable bonds is 4. The molecule has 0 saturated carbocycles. The molecule has 29 heavy (non-hydrogen) atoms. The van der Waals surface area contributed by atoms with Gasteiger partial charge in [0.1, 0.15) is 11.6 Å². The van der Waals surface area contributed by atoms with Crippen molar-refractivity contribution in [3.05, 3.63) is 54.1 Å². The number of para-hydroxylation sites is 2. The van der Waals surface area contributed by atoms with Gasteiger partial charge >= 0.3 is 0 Å². The summed E-state index contributed by atoms with van der Waals surface area (Å²) in [5, 5.41) is 2.61. The van der Waals surface area contributed by atoms with Crippen LogP contribution in [0, 0.1) is 17.6 Å². The van der Waals surface area contributed by atoms with Crippen molar-refractivity contribution in [2.24, 2.45) is 5.92 Å². The Hall–Kier alpha value is -3.29. The molecule has 1 fully saturated rings. The van der Waals surface area contributed by atoms with Gasteiger partial charge in [0.25, 0.3) is 5.88 Å². The lowest BCUT2D eigenvalue weighted by Crippen LogP contribution is -2.41. The lowest BCUT2D eigenvalue weighted by molar-refractivity contribution is -0.120. The maximum atomic E-state index is 13.4. The predicted molar refractivity (Wildman–Crippen MR) is 106 cm³/mol. The first-order valence-corrected chi connectivity index (χ1v) is 9.36. The van der Waals surface area contributed by atoms with Crippen LogP contribution in [0.3, 0.4) is 0 Å². The van der Waals surface area contributed by atoms with Gasteiger partial charge in [0.05, 0.1) is 24.1 Å². The van der Waals surface area contributed by atoms with Crippen molar-refractivity contribution >= 4 is 28.4 Å². The molecule has 3 aromatic rings. The van der Waals surface area contributed by atoms with Crippen molar-refractivity contribution in [2.45, 2.75) is 12.8 Å². The van der Waals surface area contributed by atoms with Gasteiger partial charge in [-0.1, -0.05) is 12.1 Å². The first-order valence-electron chi connectivity index (χ1n) is 9.36. The van der Waals surface area contributed by atoms with E-state index in [9.17, 15) is 13.6 Å². The molecule has 1 aromatic heterocycles. The Morgan fingerprint density at radius 2 is 1.83 bits per heavy atom. The number of methoxy groups -OCH3 is 1. The number of benzene rings is 2. The van der Waals surface area contributed by atoms with Gasteiger partial charge in [-0.2, -0.15) is 0 Å². The van der Waals surface area contributed by atoms with Crippen LogP contribution in [0.15, 0.2) is 42.5 Å². The Morgan fingerprint density at radius 3 is 2.52 bits per heavy atom. The zero-order valence-electron chi connectivity index (χ0n) is 15.9. The van der Waals surface area contributed by atoms with Crippen LogP contribution >= 0.6 is 0 Å². The molecule has 1 aliphatic rings. The van der Waals surface area contributed by atoms with Gasteiger partial charge in [0, 0.05) is 24.8 Å². The van der Waals surface area contributed by atoms with Crippen molar-refractivity contribution in [3.63, 3.8) is 0 Å². The third-order valence-electron chi connectivity index (χ3n) is 4.94. The summed E-state index contributed by atoms with van der Waals surface area (Å²) in [6.45, 7) is 1.12. The van der Waals surface area contributed by atoms with Crippen molar-refractivity contribution in [1.82, 2.24) is 9.97 Å². The van der Waals surface area contributed by atoms with Gasteiger partial charge in [-0.25, -0.2) is 18.7 Å². The number of carbonyl (C=O) groups is 1. The molecule has 0 radical (unpaired) electrons. The van der Waals surface area contributed by atoms with Crippen molar-refractivity contribution in [3.8, 4) is 5.88 Å². The van der Waals surface area contributed by atoms with Gasteiger partial charge in [0.15, 0.2) is 5.82 Å². The van der Waals surface area contributed by atoms with E-state index in [0.29, 0.717) is 31.2 Å². The molecule has 150 valence electrons. The van der Waals surface area contributed by atoms with Gasteiger partial charge in [-0.3, -0.25) is 4.79 Å². The number of carbonyl (C=O) groups excluding carboxylic acids is 1. The molecule has 1 aliphatic heterocycles. The zero-order valence-corrected chi connectivity index (χ0v) is 15.9. The number of aromatic nitrogens is 2. The fourth-order valence-corrected chi connectivity index (χ4v) is 3.57. The van der Waals surface area contributed by atoms with Gasteiger partial charge in [-0.15, -0.1) is 0 Å². The monoisotopic (exact) mass is 398 g/mol. The number of hydrogen-bond donors (Lipinski definition) is 1. The largest absolute Gasteiger partial charge is 0.478 e. The van der Waals surface area contributed by atoms with E-state index < -0.39 is 11.6 Å². The van der Waals surface area contributed by atoms with Crippen LogP contribution in [0.4, 0.5) is 20.3 Å². The minimum absolute atomic E-state index is 0.104. The molecule has 1 saturated heterocycles. The van der Waals surface area contributed by atoms with Gasteiger partial charge in [-0.05, 0) is 37.1 Å². The van der Waals surface area contributed by atoms with Crippen LogP contribution < -0.4 is 15.0 Å². The second-order valence-corrected chi connectivity index (χ2v) is 6.98. The lowest BCUT2D eigenvalue weighted by atomic mass is 9.97. The van der Waals surface area contributed by atoms with Crippen LogP contribution in [0.2, 0.25) is 0 Å². The standard InChI is InChI=1S/C21H20F2N4O2/c1-29-21-19(25-17-6-2-3-7-18(17)26-21)27-8-4-5-13(12-27)20(28)24-16-10-14(22)9-15(23)11-16/h2-3,6-7,9-11,13H,4-5,8,12H2,1H3,(H,24,28)/t13-/m0/s1. The first-order chi connectivity index (χ1) is 14.0. The second-order valence-electron chi connectivity index (χ2n) is 6.98. The van der Waals surface area contributed by atoms with E-state index >= 15 is 0 Å². The topological polar surface area (TPSA) is 67.4 Å². The van der Waals surface area contributed by atoms with E-state index in [-0.39, 0.29) is 17.5 Å². The third-order valence-corrected chi connectivity index (χ3v) is 4.94. The SMILES string of the molecule is COc1nc2ccccc2nc1N1CCC[C@H](C(=O)Nc2cc(F)cc(F)c2)C1. The molecule has 6 nitrogen and oxygen atoms in total. The number of nitrogens with zero attached hydrogens (tertiary/aromatic N) is 3. The van der Waals surface area contributed by atoms with E-state index in [1.165, 1.54) is 7.11 Å². The highest BCUT2D eigenvalue weighted by atomic mass is 19.1. The fourth-order valence-electron chi connectivity index (χ4n) is 3.57. The number of nitrogens with one attached hydrogen (secondary N) is 1. The Kier molecular flexibility index (Phi) is 5.24. The van der Waals surface area contributed by atoms with Crippen LogP contribution in [-0.2, 0) is 4.79 Å². The third kappa shape index (κ3) is 4.11. The maximum Gasteiger partial charge on any atom is 0.257 e. The zero-order chi connectivity index (χ0) is 20.4. The molecule has 0 spiro atoms. The highest BCUT2D eigenvalue weighted by Crippen LogP contribution is 2.30. The van der Waals surface area contributed by atoms with Crippen molar-refractivity contribution in [1.29, 1.82) is 0 Å².